The van der Waals surface area contributed by atoms with E-state index in [1.807, 2.05) is 12.1 Å². The highest BCUT2D eigenvalue weighted by Crippen LogP contribution is 2.20. The van der Waals surface area contributed by atoms with Crippen LogP contribution >= 0.6 is 0 Å². The Morgan fingerprint density at radius 1 is 1.03 bits per heavy atom. The summed E-state index contributed by atoms with van der Waals surface area (Å²) in [5.41, 5.74) is 3.87. The summed E-state index contributed by atoms with van der Waals surface area (Å²) in [6.45, 7) is 1.24. The van der Waals surface area contributed by atoms with E-state index in [4.69, 9.17) is 4.74 Å². The summed E-state index contributed by atoms with van der Waals surface area (Å²) >= 11 is 0. The van der Waals surface area contributed by atoms with Crippen molar-refractivity contribution in [2.75, 3.05) is 19.0 Å². The van der Waals surface area contributed by atoms with Crippen molar-refractivity contribution in [3.63, 3.8) is 0 Å². The highest BCUT2D eigenvalue weighted by atomic mass is 16.5. The van der Waals surface area contributed by atoms with Gasteiger partial charge in [-0.25, -0.2) is 14.8 Å². The summed E-state index contributed by atoms with van der Waals surface area (Å²) in [5.74, 6) is -0.0671. The van der Waals surface area contributed by atoms with Crippen LogP contribution in [-0.4, -0.2) is 40.4 Å². The first kappa shape index (κ1) is 18.6. The van der Waals surface area contributed by atoms with Gasteiger partial charge in [-0.1, -0.05) is 30.3 Å². The zero-order valence-electron chi connectivity index (χ0n) is 16.0. The maximum atomic E-state index is 12.8. The van der Waals surface area contributed by atoms with Gasteiger partial charge in [-0.2, -0.15) is 0 Å². The molecule has 0 saturated heterocycles. The van der Waals surface area contributed by atoms with Gasteiger partial charge in [-0.05, 0) is 35.7 Å². The molecule has 0 fully saturated rings. The van der Waals surface area contributed by atoms with Crippen molar-refractivity contribution in [3.05, 3.63) is 83.3 Å². The number of benzene rings is 2. The second kappa shape index (κ2) is 8.10. The number of anilines is 2. The molecule has 1 aliphatic heterocycles. The number of carbonyl (C=O) groups is 2. The summed E-state index contributed by atoms with van der Waals surface area (Å²) in [4.78, 5) is 34.8. The maximum Gasteiger partial charge on any atom is 0.337 e. The highest BCUT2D eigenvalue weighted by Gasteiger charge is 2.22. The van der Waals surface area contributed by atoms with Gasteiger partial charge >= 0.3 is 5.97 Å². The molecule has 1 aromatic heterocycles. The molecule has 0 spiro atoms. The second-order valence-electron chi connectivity index (χ2n) is 6.73. The number of ether oxygens (including phenoxy) is 1. The molecular weight excluding hydrogens is 368 g/mol. The lowest BCUT2D eigenvalue weighted by atomic mass is 10.00. The van der Waals surface area contributed by atoms with Crippen LogP contribution in [0.5, 0.6) is 0 Å². The molecule has 0 radical (unpaired) electrons. The zero-order valence-corrected chi connectivity index (χ0v) is 16.0. The fourth-order valence-corrected chi connectivity index (χ4v) is 3.32. The summed E-state index contributed by atoms with van der Waals surface area (Å²) in [6.07, 6.45) is 3.82. The molecule has 3 aromatic rings. The van der Waals surface area contributed by atoms with Crippen molar-refractivity contribution in [2.24, 2.45) is 0 Å². The number of amides is 1. The largest absolute Gasteiger partial charge is 0.465 e. The number of methoxy groups -OCH3 is 1. The molecule has 0 saturated carbocycles. The number of carbonyl (C=O) groups excluding carboxylic acids is 2. The van der Waals surface area contributed by atoms with Crippen LogP contribution in [0.25, 0.3) is 0 Å². The molecule has 7 nitrogen and oxygen atoms in total. The van der Waals surface area contributed by atoms with E-state index < -0.39 is 5.97 Å². The Hall–Kier alpha value is -3.74. The number of nitrogens with one attached hydrogen (secondary N) is 1. The number of fused-ring (bicyclic) bond motifs is 1. The fraction of sp³-hybridized carbons (Fsp3) is 0.182. The summed E-state index contributed by atoms with van der Waals surface area (Å²) in [5, 5.41) is 3.08. The lowest BCUT2D eigenvalue weighted by molar-refractivity contribution is 0.0600. The number of rotatable bonds is 4. The summed E-state index contributed by atoms with van der Waals surface area (Å²) in [6, 6.07) is 15.0. The van der Waals surface area contributed by atoms with Gasteiger partial charge in [0.15, 0.2) is 0 Å². The number of hydrogen-bond donors (Lipinski definition) is 1. The van der Waals surface area contributed by atoms with Gasteiger partial charge in [0, 0.05) is 18.8 Å². The third-order valence-electron chi connectivity index (χ3n) is 4.84. The van der Waals surface area contributed by atoms with Gasteiger partial charge in [0.25, 0.3) is 5.91 Å². The normalized spacial score (nSPS) is 12.8. The van der Waals surface area contributed by atoms with Crippen LogP contribution in [0.2, 0.25) is 0 Å². The first-order valence-electron chi connectivity index (χ1n) is 9.27. The first-order valence-corrected chi connectivity index (χ1v) is 9.27. The van der Waals surface area contributed by atoms with Crippen LogP contribution in [0.4, 0.5) is 11.5 Å². The van der Waals surface area contributed by atoms with Gasteiger partial charge in [0.1, 0.15) is 11.5 Å². The van der Waals surface area contributed by atoms with E-state index in [1.54, 1.807) is 29.2 Å². The van der Waals surface area contributed by atoms with Crippen molar-refractivity contribution < 1.29 is 14.3 Å². The van der Waals surface area contributed by atoms with Crippen molar-refractivity contribution in [2.45, 2.75) is 13.0 Å². The SMILES string of the molecule is COC(=O)c1cccc(Nc2cnc(C(=O)N3CCc4ccccc4C3)cn2)c1. The highest BCUT2D eigenvalue weighted by molar-refractivity contribution is 5.92. The Morgan fingerprint density at radius 3 is 2.62 bits per heavy atom. The fourth-order valence-electron chi connectivity index (χ4n) is 3.32. The number of aromatic nitrogens is 2. The van der Waals surface area contributed by atoms with E-state index >= 15 is 0 Å². The van der Waals surface area contributed by atoms with Crippen molar-refractivity contribution in [1.29, 1.82) is 0 Å². The Kier molecular flexibility index (Phi) is 5.20. The molecular formula is C22H20N4O3. The van der Waals surface area contributed by atoms with Crippen LogP contribution in [0, 0.1) is 0 Å². The molecule has 7 heteroatoms. The minimum atomic E-state index is -0.413. The van der Waals surface area contributed by atoms with E-state index in [0.29, 0.717) is 35.9 Å². The molecule has 2 heterocycles. The number of nitrogens with zero attached hydrogens (tertiary/aromatic N) is 3. The third-order valence-corrected chi connectivity index (χ3v) is 4.84. The molecule has 2 aromatic carbocycles. The van der Waals surface area contributed by atoms with Gasteiger partial charge in [-0.15, -0.1) is 0 Å². The van der Waals surface area contributed by atoms with Crippen LogP contribution in [0.3, 0.4) is 0 Å². The quantitative estimate of drug-likeness (QED) is 0.691. The molecule has 1 amide bonds. The molecule has 4 rings (SSSR count). The minimum Gasteiger partial charge on any atom is -0.465 e. The van der Waals surface area contributed by atoms with Gasteiger partial charge in [0.05, 0.1) is 25.1 Å². The van der Waals surface area contributed by atoms with Crippen molar-refractivity contribution in [1.82, 2.24) is 14.9 Å². The predicted octanol–water partition coefficient (Wildman–Crippen LogP) is 3.21. The number of hydrogen-bond acceptors (Lipinski definition) is 6. The van der Waals surface area contributed by atoms with Gasteiger partial charge in [0.2, 0.25) is 0 Å². The van der Waals surface area contributed by atoms with E-state index in [2.05, 4.69) is 27.4 Å². The average Bonchev–Trinajstić information content (AvgIpc) is 2.78. The average molecular weight is 388 g/mol. The summed E-state index contributed by atoms with van der Waals surface area (Å²) < 4.78 is 4.73. The van der Waals surface area contributed by atoms with Gasteiger partial charge < -0.3 is 15.0 Å². The lowest BCUT2D eigenvalue weighted by Crippen LogP contribution is -2.36. The van der Waals surface area contributed by atoms with Crippen LogP contribution in [0.1, 0.15) is 32.0 Å². The smallest absolute Gasteiger partial charge is 0.337 e. The van der Waals surface area contributed by atoms with Crippen molar-refractivity contribution >= 4 is 23.4 Å². The molecule has 0 atom stereocenters. The Morgan fingerprint density at radius 2 is 1.86 bits per heavy atom. The lowest BCUT2D eigenvalue weighted by Gasteiger charge is -2.28. The third kappa shape index (κ3) is 4.08. The monoisotopic (exact) mass is 388 g/mol. The predicted molar refractivity (Wildman–Crippen MR) is 108 cm³/mol. The van der Waals surface area contributed by atoms with E-state index in [9.17, 15) is 9.59 Å². The molecule has 0 aliphatic carbocycles. The molecule has 1 aliphatic rings. The van der Waals surface area contributed by atoms with E-state index in [-0.39, 0.29) is 5.91 Å². The molecule has 29 heavy (non-hydrogen) atoms. The van der Waals surface area contributed by atoms with Crippen molar-refractivity contribution in [3.8, 4) is 0 Å². The Balaban J connectivity index is 1.44. The topological polar surface area (TPSA) is 84.4 Å². The van der Waals surface area contributed by atoms with Gasteiger partial charge in [-0.3, -0.25) is 4.79 Å². The number of esters is 1. The van der Waals surface area contributed by atoms with E-state index in [0.717, 1.165) is 6.42 Å². The zero-order chi connectivity index (χ0) is 20.2. The minimum absolute atomic E-state index is 0.133. The standard InChI is InChI=1S/C22H20N4O3/c1-29-22(28)16-7-4-8-18(11-16)25-20-13-23-19(12-24-20)21(27)26-10-9-15-5-2-3-6-17(15)14-26/h2-8,11-13H,9-10,14H2,1H3,(H,24,25). The molecule has 146 valence electrons. The van der Waals surface area contributed by atoms with Crippen LogP contribution < -0.4 is 5.32 Å². The Bertz CT molecular complexity index is 1050. The van der Waals surface area contributed by atoms with Crippen LogP contribution in [-0.2, 0) is 17.7 Å². The van der Waals surface area contributed by atoms with Crippen LogP contribution in [0.15, 0.2) is 60.9 Å². The van der Waals surface area contributed by atoms with E-state index in [1.165, 1.54) is 30.6 Å². The maximum absolute atomic E-state index is 12.8. The molecule has 1 N–H and O–H groups in total. The second-order valence-corrected chi connectivity index (χ2v) is 6.73. The first-order chi connectivity index (χ1) is 14.1. The Labute approximate surface area is 168 Å². The molecule has 0 unspecified atom stereocenters. The summed E-state index contributed by atoms with van der Waals surface area (Å²) in [7, 11) is 1.34. The molecule has 0 bridgehead atoms.